The number of phenolic OH excluding ortho intramolecular Hbond substituents is 3. The number of phenols is 3. The van der Waals surface area contributed by atoms with Crippen molar-refractivity contribution in [3.05, 3.63) is 94.7 Å². The van der Waals surface area contributed by atoms with Crippen molar-refractivity contribution in [2.24, 2.45) is 0 Å². The number of hydrogen-bond acceptors (Lipinski definition) is 26. The Morgan fingerprint density at radius 2 is 1.40 bits per heavy atom. The molecule has 3 aliphatic rings. The highest BCUT2D eigenvalue weighted by Crippen LogP contribution is 2.41. The summed E-state index contributed by atoms with van der Waals surface area (Å²) in [4.78, 5) is 40.8. The number of carbonyl (C=O) groups is 2. The molecule has 0 spiro atoms. The maximum Gasteiger partial charge on any atom is 0.333 e. The molecule has 0 aliphatic carbocycles. The normalized spacial score (nSPS) is 29.8. The fraction of sp³-hybridized carbons (Fsp3) is 0.463. The lowest BCUT2D eigenvalue weighted by Crippen LogP contribution is -2.65. The van der Waals surface area contributed by atoms with Crippen LogP contribution in [0.5, 0.6) is 40.2 Å². The zero-order chi connectivity index (χ0) is 58.5. The molecule has 0 bridgehead atoms. The van der Waals surface area contributed by atoms with Crippen LogP contribution in [-0.4, -0.2) is 198 Å². The van der Waals surface area contributed by atoms with Gasteiger partial charge in [0, 0.05) is 29.3 Å². The van der Waals surface area contributed by atoms with Crippen LogP contribution in [0.3, 0.4) is 0 Å². The molecule has 4 aromatic rings. The van der Waals surface area contributed by atoms with Gasteiger partial charge in [-0.3, -0.25) is 4.79 Å². The number of fused-ring (bicyclic) bond motifs is 1. The quantitative estimate of drug-likeness (QED) is 0.0321. The van der Waals surface area contributed by atoms with Crippen LogP contribution in [-0.2, 0) is 38.0 Å². The Morgan fingerprint density at radius 1 is 0.775 bits per heavy atom. The van der Waals surface area contributed by atoms with Crippen molar-refractivity contribution in [2.75, 3.05) is 27.4 Å². The van der Waals surface area contributed by atoms with E-state index in [0.717, 1.165) is 18.2 Å². The maximum atomic E-state index is 14.7. The average Bonchev–Trinajstić information content (AvgIpc) is 3.43. The summed E-state index contributed by atoms with van der Waals surface area (Å²) in [5.74, 6) is -4.72. The van der Waals surface area contributed by atoms with Gasteiger partial charge in [0.2, 0.25) is 29.5 Å². The second-order valence-corrected chi connectivity index (χ2v) is 19.3. The Balaban J connectivity index is 1.17. The minimum Gasteiger partial charge on any atom is -0.508 e. The number of benzene rings is 3. The molecular formula is C54H64O26. The van der Waals surface area contributed by atoms with Crippen LogP contribution >= 0.6 is 0 Å². The van der Waals surface area contributed by atoms with Crippen molar-refractivity contribution in [3.8, 4) is 51.6 Å². The third-order valence-corrected chi connectivity index (χ3v) is 13.5. The van der Waals surface area contributed by atoms with Crippen molar-refractivity contribution in [1.82, 2.24) is 0 Å². The van der Waals surface area contributed by atoms with E-state index in [1.54, 1.807) is 0 Å². The zero-order valence-electron chi connectivity index (χ0n) is 43.7. The predicted octanol–water partition coefficient (Wildman–Crippen LogP) is 0.282. The molecule has 16 atom stereocenters. The average molecular weight is 1130 g/mol. The van der Waals surface area contributed by atoms with E-state index in [1.807, 2.05) is 0 Å². The molecule has 0 unspecified atom stereocenters. The Morgan fingerprint density at radius 3 is 2.04 bits per heavy atom. The first-order valence-corrected chi connectivity index (χ1v) is 24.9. The van der Waals surface area contributed by atoms with Crippen molar-refractivity contribution in [1.29, 1.82) is 0 Å². The molecule has 7 rings (SSSR count). The molecule has 26 nitrogen and oxygen atoms in total. The van der Waals surface area contributed by atoms with E-state index >= 15 is 0 Å². The van der Waals surface area contributed by atoms with Gasteiger partial charge in [-0.15, -0.1) is 6.58 Å². The number of rotatable bonds is 20. The van der Waals surface area contributed by atoms with E-state index in [4.69, 9.17) is 51.8 Å². The number of ether oxygens (including phenoxy) is 10. The van der Waals surface area contributed by atoms with Crippen molar-refractivity contribution in [3.63, 3.8) is 0 Å². The zero-order valence-corrected chi connectivity index (χ0v) is 43.7. The fourth-order valence-electron chi connectivity index (χ4n) is 8.70. The summed E-state index contributed by atoms with van der Waals surface area (Å²) < 4.78 is 62.7. The van der Waals surface area contributed by atoms with Crippen LogP contribution in [0.25, 0.3) is 28.4 Å². The third kappa shape index (κ3) is 13.5. The Kier molecular flexibility index (Phi) is 19.5. The number of aromatic hydroxyl groups is 3. The molecule has 3 aromatic carbocycles. The Labute approximate surface area is 455 Å². The first-order chi connectivity index (χ1) is 37.9. The molecular weight excluding hydrogens is 1060 g/mol. The van der Waals surface area contributed by atoms with Crippen LogP contribution in [0.15, 0.2) is 88.1 Å². The van der Waals surface area contributed by atoms with E-state index < -0.39 is 157 Å². The molecule has 26 heteroatoms. The summed E-state index contributed by atoms with van der Waals surface area (Å²) in [5.41, 5.74) is -2.31. The molecule has 0 radical (unpaired) electrons. The molecule has 0 amide bonds. The van der Waals surface area contributed by atoms with Crippen LogP contribution in [0.2, 0.25) is 0 Å². The largest absolute Gasteiger partial charge is 0.508 e. The van der Waals surface area contributed by atoms with Crippen molar-refractivity contribution < 1.29 is 123 Å². The summed E-state index contributed by atoms with van der Waals surface area (Å²) in [5, 5.41) is 129. The highest BCUT2D eigenvalue weighted by Gasteiger charge is 2.52. The van der Waals surface area contributed by atoms with E-state index in [0.29, 0.717) is 5.56 Å². The summed E-state index contributed by atoms with van der Waals surface area (Å²) >= 11 is 0. The number of aliphatic hydroxyl groups is 9. The van der Waals surface area contributed by atoms with E-state index in [-0.39, 0.29) is 52.7 Å². The topological polar surface area (TPSA) is 399 Å². The molecule has 0 saturated carbocycles. The summed E-state index contributed by atoms with van der Waals surface area (Å²) in [7, 11) is 2.61. The van der Waals surface area contributed by atoms with Crippen LogP contribution in [0.4, 0.5) is 0 Å². The van der Waals surface area contributed by atoms with Gasteiger partial charge in [0.15, 0.2) is 35.8 Å². The molecule has 3 fully saturated rings. The minimum absolute atomic E-state index is 0.0261. The predicted molar refractivity (Wildman–Crippen MR) is 273 cm³/mol. The molecule has 3 aliphatic heterocycles. The standard InChI is InChI=1S/C54H64O26/c1-7-54(4,69)16-8-9-23(2)50(68)78-48-43(65)37(59)24(3)73-52(48)74-28-19-29(57)36-30(20-28)75-46(26-11-13-27(56)14-12-26)47(41(36)63)79-53-49(44(66)39(61)33(21-55)76-53)80-51-45(67)42(64)40(62)34(77-51)22-72-35(58)15-10-25-17-31(70-5)38(60)32(18-25)71-6/h7,9-15,17-20,24,33-34,37,39-40,42-45,48-49,51-53,55-57,59-62,64-67,69H,1,8,16,21-22H2,2-6H3/t24-,33+,34+,37-,39+,40+,42-,43+,44-,45+,48+,49+,51-,52-,53-,54+/m0/s1. The Hall–Kier alpha value is -6.89. The van der Waals surface area contributed by atoms with Crippen LogP contribution < -0.4 is 24.4 Å². The van der Waals surface area contributed by atoms with Gasteiger partial charge in [-0.2, -0.15) is 0 Å². The van der Waals surface area contributed by atoms with Gasteiger partial charge < -0.3 is 113 Å². The first-order valence-electron chi connectivity index (χ1n) is 24.9. The molecule has 3 saturated heterocycles. The third-order valence-electron chi connectivity index (χ3n) is 13.5. The maximum absolute atomic E-state index is 14.7. The number of esters is 2. The monoisotopic (exact) mass is 1130 g/mol. The number of aliphatic hydroxyl groups excluding tert-OH is 8. The van der Waals surface area contributed by atoms with Gasteiger partial charge >= 0.3 is 11.9 Å². The SMILES string of the molecule is C=C[C@@](C)(O)CCC=C(C)C(=O)O[C@H]1[C@H](Oc2cc(O)c3c(=O)c(O[C@@H]4O[C@H](CO)[C@@H](O)[C@H](O)[C@H]4O[C@@H]4O[C@H](COC(=O)C=Cc5cc(OC)c(O)c(OC)c5)[C@@H](O)[C@H](O)[C@H]4O)c(-c4ccc(O)cc4)oc3c2)O[C@@H](C)[C@H](O)[C@H]1O. The van der Waals surface area contributed by atoms with E-state index in [1.165, 1.54) is 89.6 Å². The van der Waals surface area contributed by atoms with Crippen molar-refractivity contribution in [2.45, 2.75) is 131 Å². The second-order valence-electron chi connectivity index (χ2n) is 19.3. The van der Waals surface area contributed by atoms with E-state index in [9.17, 15) is 75.7 Å². The van der Waals surface area contributed by atoms with Crippen LogP contribution in [0.1, 0.15) is 39.2 Å². The van der Waals surface area contributed by atoms with Gasteiger partial charge in [-0.25, -0.2) is 9.59 Å². The summed E-state index contributed by atoms with van der Waals surface area (Å²) in [6, 6.07) is 9.85. The smallest absolute Gasteiger partial charge is 0.333 e. The highest BCUT2D eigenvalue weighted by molar-refractivity contribution is 5.89. The lowest BCUT2D eigenvalue weighted by molar-refractivity contribution is -0.358. The molecule has 4 heterocycles. The van der Waals surface area contributed by atoms with Gasteiger partial charge in [-0.1, -0.05) is 12.2 Å². The Bertz CT molecular complexity index is 2930. The molecule has 436 valence electrons. The lowest BCUT2D eigenvalue weighted by atomic mass is 9.97. The first kappa shape index (κ1) is 60.7. The molecule has 12 N–H and O–H groups in total. The summed E-state index contributed by atoms with van der Waals surface area (Å²) in [6.07, 6.45) is -21.9. The molecule has 80 heavy (non-hydrogen) atoms. The lowest BCUT2D eigenvalue weighted by Gasteiger charge is -2.45. The minimum atomic E-state index is -2.13. The number of carbonyl (C=O) groups excluding carboxylic acids is 2. The number of allylic oxidation sites excluding steroid dienone is 1. The summed E-state index contributed by atoms with van der Waals surface area (Å²) in [6.45, 7) is 6.22. The van der Waals surface area contributed by atoms with Gasteiger partial charge in [-0.05, 0) is 81.7 Å². The second kappa shape index (κ2) is 25.7. The van der Waals surface area contributed by atoms with Gasteiger partial charge in [0.05, 0.1) is 32.5 Å². The van der Waals surface area contributed by atoms with Gasteiger partial charge in [0.25, 0.3) is 0 Å². The number of methoxy groups -OCH3 is 2. The van der Waals surface area contributed by atoms with E-state index in [2.05, 4.69) is 6.58 Å². The molecule has 1 aromatic heterocycles. The number of hydrogen-bond donors (Lipinski definition) is 12. The highest BCUT2D eigenvalue weighted by atomic mass is 16.8. The fourth-order valence-corrected chi connectivity index (χ4v) is 8.70. The van der Waals surface area contributed by atoms with Crippen LogP contribution in [0, 0.1) is 0 Å². The van der Waals surface area contributed by atoms with Crippen molar-refractivity contribution >= 4 is 29.0 Å². The van der Waals surface area contributed by atoms with Gasteiger partial charge in [0.1, 0.15) is 89.8 Å².